The monoisotopic (exact) mass is 289 g/mol. The average Bonchev–Trinajstić information content (AvgIpc) is 2.90. The molecular formula is C16H16FNO3. The second kappa shape index (κ2) is 4.98. The fourth-order valence-electron chi connectivity index (χ4n) is 2.87. The van der Waals surface area contributed by atoms with Crippen molar-refractivity contribution in [2.24, 2.45) is 0 Å². The molecule has 1 atom stereocenters. The molecule has 110 valence electrons. The van der Waals surface area contributed by atoms with E-state index in [1.165, 1.54) is 4.90 Å². The van der Waals surface area contributed by atoms with Crippen molar-refractivity contribution >= 4 is 18.0 Å². The van der Waals surface area contributed by atoms with Gasteiger partial charge in [0.2, 0.25) is 5.67 Å². The number of carbonyl (C=O) groups is 2. The van der Waals surface area contributed by atoms with Crippen LogP contribution in [-0.2, 0) is 11.2 Å². The van der Waals surface area contributed by atoms with Gasteiger partial charge in [-0.1, -0.05) is 18.2 Å². The summed E-state index contributed by atoms with van der Waals surface area (Å²) in [5.41, 5.74) is 0.391. The van der Waals surface area contributed by atoms with Crippen LogP contribution >= 0.6 is 0 Å². The lowest BCUT2D eigenvalue weighted by atomic mass is 9.95. The Bertz CT molecular complexity index is 640. The maximum atomic E-state index is 14.0. The van der Waals surface area contributed by atoms with Crippen molar-refractivity contribution in [3.63, 3.8) is 0 Å². The van der Waals surface area contributed by atoms with Crippen LogP contribution in [0.2, 0.25) is 0 Å². The molecule has 21 heavy (non-hydrogen) atoms. The van der Waals surface area contributed by atoms with Crippen LogP contribution in [0.5, 0.6) is 0 Å². The normalized spacial score (nSPS) is 24.0. The van der Waals surface area contributed by atoms with Gasteiger partial charge in [-0.25, -0.2) is 9.18 Å². The molecule has 2 aliphatic rings. The number of nitrogens with zero attached hydrogens (tertiary/aromatic N) is 1. The smallest absolute Gasteiger partial charge is 0.343 e. The van der Waals surface area contributed by atoms with Gasteiger partial charge in [-0.3, -0.25) is 4.79 Å². The van der Waals surface area contributed by atoms with E-state index in [2.05, 4.69) is 6.08 Å². The molecule has 4 nitrogen and oxygen atoms in total. The molecule has 1 aliphatic heterocycles. The molecule has 1 aromatic rings. The summed E-state index contributed by atoms with van der Waals surface area (Å²) in [6, 6.07) is 5.43. The summed E-state index contributed by atoms with van der Waals surface area (Å²) in [5, 5.41) is 8.88. The van der Waals surface area contributed by atoms with Crippen molar-refractivity contribution in [1.82, 2.24) is 4.90 Å². The Morgan fingerprint density at radius 3 is 2.86 bits per heavy atom. The largest absolute Gasteiger partial charge is 0.479 e. The number of amides is 1. The van der Waals surface area contributed by atoms with Gasteiger partial charge in [-0.05, 0) is 36.1 Å². The summed E-state index contributed by atoms with van der Waals surface area (Å²) >= 11 is 0. The van der Waals surface area contributed by atoms with E-state index in [0.717, 1.165) is 24.0 Å². The van der Waals surface area contributed by atoms with E-state index < -0.39 is 11.6 Å². The van der Waals surface area contributed by atoms with Crippen molar-refractivity contribution < 1.29 is 19.1 Å². The minimum atomic E-state index is -2.31. The zero-order valence-electron chi connectivity index (χ0n) is 11.5. The molecule has 0 aromatic heterocycles. The molecule has 0 radical (unpaired) electrons. The second-order valence-corrected chi connectivity index (χ2v) is 5.60. The molecule has 0 bridgehead atoms. The summed E-state index contributed by atoms with van der Waals surface area (Å²) in [5.74, 6) is -1.79. The fraction of sp³-hybridized carbons (Fsp3) is 0.375. The molecule has 1 aromatic carbocycles. The molecule has 1 saturated heterocycles. The Balaban J connectivity index is 1.80. The number of aliphatic carboxylic acids is 1. The standard InChI is InChI=1S/C16H16FNO3/c17-16(15(20)21)7-8-18(10-16)14(19)13-6-5-11-3-1-2-4-12(11)9-13/h1,3,5-6,9H,2,4,7-8,10H2,(H,20,21). The molecule has 1 N–H and O–H groups in total. The molecule has 0 spiro atoms. The van der Waals surface area contributed by atoms with E-state index in [0.29, 0.717) is 5.56 Å². The number of halogens is 1. The molecule has 1 amide bonds. The number of fused-ring (bicyclic) bond motifs is 1. The second-order valence-electron chi connectivity index (χ2n) is 5.60. The van der Waals surface area contributed by atoms with E-state index in [1.54, 1.807) is 6.07 Å². The summed E-state index contributed by atoms with van der Waals surface area (Å²) in [6.07, 6.45) is 5.80. The number of alkyl halides is 1. The molecule has 3 rings (SSSR count). The first-order valence-electron chi connectivity index (χ1n) is 7.01. The number of hydrogen-bond donors (Lipinski definition) is 1. The highest BCUT2D eigenvalue weighted by atomic mass is 19.1. The van der Waals surface area contributed by atoms with Crippen LogP contribution in [-0.4, -0.2) is 40.6 Å². The lowest BCUT2D eigenvalue weighted by Gasteiger charge is -2.19. The number of allylic oxidation sites excluding steroid dienone is 1. The van der Waals surface area contributed by atoms with Crippen LogP contribution in [0.15, 0.2) is 24.3 Å². The Morgan fingerprint density at radius 2 is 2.14 bits per heavy atom. The van der Waals surface area contributed by atoms with Crippen LogP contribution in [0.4, 0.5) is 4.39 Å². The number of hydrogen-bond acceptors (Lipinski definition) is 2. The summed E-state index contributed by atoms with van der Waals surface area (Å²) < 4.78 is 14.0. The van der Waals surface area contributed by atoms with Gasteiger partial charge in [0.1, 0.15) is 0 Å². The zero-order chi connectivity index (χ0) is 15.0. The minimum Gasteiger partial charge on any atom is -0.479 e. The van der Waals surface area contributed by atoms with Gasteiger partial charge >= 0.3 is 5.97 Å². The number of likely N-dealkylation sites (tertiary alicyclic amines) is 1. The number of aryl methyl sites for hydroxylation is 1. The predicted molar refractivity (Wildman–Crippen MR) is 75.8 cm³/mol. The third kappa shape index (κ3) is 2.44. The number of carbonyl (C=O) groups excluding carboxylic acids is 1. The fourth-order valence-corrected chi connectivity index (χ4v) is 2.87. The van der Waals surface area contributed by atoms with Gasteiger partial charge in [0.05, 0.1) is 6.54 Å². The number of benzene rings is 1. The molecule has 0 saturated carbocycles. The van der Waals surface area contributed by atoms with Gasteiger partial charge < -0.3 is 10.0 Å². The van der Waals surface area contributed by atoms with Gasteiger partial charge in [0.15, 0.2) is 0 Å². The first-order chi connectivity index (χ1) is 9.99. The van der Waals surface area contributed by atoms with Gasteiger partial charge in [-0.2, -0.15) is 0 Å². The highest BCUT2D eigenvalue weighted by molar-refractivity contribution is 5.95. The zero-order valence-corrected chi connectivity index (χ0v) is 11.5. The van der Waals surface area contributed by atoms with Crippen LogP contribution in [0, 0.1) is 0 Å². The lowest BCUT2D eigenvalue weighted by molar-refractivity contribution is -0.149. The Hall–Kier alpha value is -2.17. The molecule has 1 unspecified atom stereocenters. The van der Waals surface area contributed by atoms with E-state index in [9.17, 15) is 14.0 Å². The quantitative estimate of drug-likeness (QED) is 0.908. The first kappa shape index (κ1) is 13.8. The minimum absolute atomic E-state index is 0.138. The van der Waals surface area contributed by atoms with E-state index in [4.69, 9.17) is 5.11 Å². The van der Waals surface area contributed by atoms with Gasteiger partial charge in [0, 0.05) is 18.5 Å². The maximum absolute atomic E-state index is 14.0. The molecule has 1 aliphatic carbocycles. The van der Waals surface area contributed by atoms with Crippen molar-refractivity contribution in [2.75, 3.05) is 13.1 Å². The number of carboxylic acids is 1. The maximum Gasteiger partial charge on any atom is 0.343 e. The summed E-state index contributed by atoms with van der Waals surface area (Å²) in [7, 11) is 0. The van der Waals surface area contributed by atoms with Crippen molar-refractivity contribution in [3.05, 3.63) is 41.0 Å². The third-order valence-corrected chi connectivity index (χ3v) is 4.16. The van der Waals surface area contributed by atoms with E-state index >= 15 is 0 Å². The van der Waals surface area contributed by atoms with Gasteiger partial charge in [0.25, 0.3) is 5.91 Å². The van der Waals surface area contributed by atoms with Crippen molar-refractivity contribution in [3.8, 4) is 0 Å². The van der Waals surface area contributed by atoms with Crippen LogP contribution in [0.25, 0.3) is 6.08 Å². The van der Waals surface area contributed by atoms with Crippen LogP contribution in [0.1, 0.15) is 34.3 Å². The SMILES string of the molecule is O=C(c1ccc2c(c1)CCC=C2)N1CCC(F)(C(=O)O)C1. The average molecular weight is 289 g/mol. The molecular weight excluding hydrogens is 273 g/mol. The predicted octanol–water partition coefficient (Wildman–Crippen LogP) is 2.28. The topological polar surface area (TPSA) is 57.6 Å². The summed E-state index contributed by atoms with van der Waals surface area (Å²) in [6.45, 7) is -0.239. The Labute approximate surface area is 121 Å². The Kier molecular flexibility index (Phi) is 3.27. The lowest BCUT2D eigenvalue weighted by Crippen LogP contribution is -2.38. The third-order valence-electron chi connectivity index (χ3n) is 4.16. The van der Waals surface area contributed by atoms with Crippen LogP contribution in [0.3, 0.4) is 0 Å². The van der Waals surface area contributed by atoms with E-state index in [1.807, 2.05) is 18.2 Å². The Morgan fingerprint density at radius 1 is 1.33 bits per heavy atom. The van der Waals surface area contributed by atoms with Crippen LogP contribution < -0.4 is 0 Å². The van der Waals surface area contributed by atoms with E-state index in [-0.39, 0.29) is 25.4 Å². The molecule has 1 heterocycles. The number of rotatable bonds is 2. The highest BCUT2D eigenvalue weighted by Crippen LogP contribution is 2.28. The molecule has 1 fully saturated rings. The summed E-state index contributed by atoms with van der Waals surface area (Å²) in [4.78, 5) is 24.6. The van der Waals surface area contributed by atoms with Crippen molar-refractivity contribution in [2.45, 2.75) is 24.9 Å². The van der Waals surface area contributed by atoms with Crippen molar-refractivity contribution in [1.29, 1.82) is 0 Å². The highest BCUT2D eigenvalue weighted by Gasteiger charge is 2.47. The first-order valence-corrected chi connectivity index (χ1v) is 7.01. The number of carboxylic acid groups (broad SMARTS) is 1. The molecule has 5 heteroatoms. The van der Waals surface area contributed by atoms with Gasteiger partial charge in [-0.15, -0.1) is 0 Å².